The van der Waals surface area contributed by atoms with Crippen LogP contribution in [0.4, 0.5) is 0 Å². The summed E-state index contributed by atoms with van der Waals surface area (Å²) >= 11 is 0. The molecule has 2 heteroatoms. The highest BCUT2D eigenvalue weighted by Gasteiger charge is 2.28. The topological polar surface area (TPSA) is 20.3 Å². The Morgan fingerprint density at radius 2 is 2.06 bits per heavy atom. The second-order valence-corrected chi connectivity index (χ2v) is 6.37. The fourth-order valence-corrected chi connectivity index (χ4v) is 3.05. The van der Waals surface area contributed by atoms with Gasteiger partial charge < -0.3 is 4.90 Å². The van der Waals surface area contributed by atoms with E-state index in [1.54, 1.807) is 0 Å². The summed E-state index contributed by atoms with van der Waals surface area (Å²) in [5, 5.41) is 0. The summed E-state index contributed by atoms with van der Waals surface area (Å²) < 4.78 is 0. The largest absolute Gasteiger partial charge is 0.303 e. The minimum Gasteiger partial charge on any atom is -0.303 e. The van der Waals surface area contributed by atoms with Crippen molar-refractivity contribution in [2.24, 2.45) is 11.3 Å². The molecule has 1 atom stereocenters. The number of ketones is 1. The Labute approximate surface area is 99.4 Å². The summed E-state index contributed by atoms with van der Waals surface area (Å²) in [4.78, 5) is 14.2. The van der Waals surface area contributed by atoms with E-state index in [1.807, 2.05) is 0 Å². The van der Waals surface area contributed by atoms with Crippen molar-refractivity contribution in [2.75, 3.05) is 19.6 Å². The third-order valence-corrected chi connectivity index (χ3v) is 4.34. The van der Waals surface area contributed by atoms with Gasteiger partial charge in [0, 0.05) is 18.9 Å². The summed E-state index contributed by atoms with van der Waals surface area (Å²) in [5.41, 5.74) is 0.508. The fraction of sp³-hybridized carbons (Fsp3) is 0.929. The quantitative estimate of drug-likeness (QED) is 0.717. The SMILES string of the molecule is CC1(C)CCCN(CC2CCCC2=O)CC1. The van der Waals surface area contributed by atoms with E-state index in [-0.39, 0.29) is 0 Å². The standard InChI is InChI=1S/C14H25NO/c1-14(2)7-4-9-15(10-8-14)11-12-5-3-6-13(12)16/h12H,3-11H2,1-2H3. The molecule has 1 saturated heterocycles. The maximum Gasteiger partial charge on any atom is 0.137 e. The molecule has 2 nitrogen and oxygen atoms in total. The molecule has 1 saturated carbocycles. The number of likely N-dealkylation sites (tertiary alicyclic amines) is 1. The van der Waals surface area contributed by atoms with Crippen molar-refractivity contribution in [2.45, 2.75) is 52.4 Å². The number of nitrogens with zero attached hydrogens (tertiary/aromatic N) is 1. The lowest BCUT2D eigenvalue weighted by molar-refractivity contribution is -0.121. The van der Waals surface area contributed by atoms with Gasteiger partial charge in [0.15, 0.2) is 0 Å². The van der Waals surface area contributed by atoms with E-state index < -0.39 is 0 Å². The molecule has 2 aliphatic rings. The number of Topliss-reactive ketones (excluding diaryl/α,β-unsaturated/α-hetero) is 1. The van der Waals surface area contributed by atoms with Gasteiger partial charge in [-0.25, -0.2) is 0 Å². The molecule has 0 bridgehead atoms. The Morgan fingerprint density at radius 1 is 1.25 bits per heavy atom. The normalized spacial score (nSPS) is 31.6. The molecule has 0 radical (unpaired) electrons. The van der Waals surface area contributed by atoms with E-state index in [0.29, 0.717) is 17.1 Å². The molecule has 1 unspecified atom stereocenters. The van der Waals surface area contributed by atoms with Crippen molar-refractivity contribution in [1.29, 1.82) is 0 Å². The molecule has 0 aromatic heterocycles. The van der Waals surface area contributed by atoms with E-state index >= 15 is 0 Å². The Morgan fingerprint density at radius 3 is 2.75 bits per heavy atom. The Kier molecular flexibility index (Phi) is 3.68. The second-order valence-electron chi connectivity index (χ2n) is 6.37. The summed E-state index contributed by atoms with van der Waals surface area (Å²) in [6, 6.07) is 0. The molecule has 92 valence electrons. The van der Waals surface area contributed by atoms with E-state index in [2.05, 4.69) is 18.7 Å². The highest BCUT2D eigenvalue weighted by atomic mass is 16.1. The van der Waals surface area contributed by atoms with Crippen LogP contribution in [0, 0.1) is 11.3 Å². The minimum absolute atomic E-state index is 0.362. The number of hydrogen-bond donors (Lipinski definition) is 0. The van der Waals surface area contributed by atoms with Crippen LogP contribution in [0.5, 0.6) is 0 Å². The van der Waals surface area contributed by atoms with Crippen LogP contribution in [-0.2, 0) is 4.79 Å². The van der Waals surface area contributed by atoms with Gasteiger partial charge in [0.25, 0.3) is 0 Å². The number of carbonyl (C=O) groups is 1. The minimum atomic E-state index is 0.362. The molecule has 16 heavy (non-hydrogen) atoms. The first-order chi connectivity index (χ1) is 7.57. The highest BCUT2D eigenvalue weighted by molar-refractivity contribution is 5.83. The molecule has 2 fully saturated rings. The highest BCUT2D eigenvalue weighted by Crippen LogP contribution is 2.31. The van der Waals surface area contributed by atoms with Crippen LogP contribution in [0.3, 0.4) is 0 Å². The first-order valence-corrected chi connectivity index (χ1v) is 6.82. The lowest BCUT2D eigenvalue weighted by Crippen LogP contribution is -2.32. The van der Waals surface area contributed by atoms with E-state index in [4.69, 9.17) is 0 Å². The number of carbonyl (C=O) groups excluding carboxylic acids is 1. The van der Waals surface area contributed by atoms with Gasteiger partial charge in [-0.1, -0.05) is 13.8 Å². The summed E-state index contributed by atoms with van der Waals surface area (Å²) in [6.07, 6.45) is 7.02. The van der Waals surface area contributed by atoms with Crippen LogP contribution >= 0.6 is 0 Å². The Balaban J connectivity index is 1.84. The monoisotopic (exact) mass is 223 g/mol. The van der Waals surface area contributed by atoms with Gasteiger partial charge >= 0.3 is 0 Å². The maximum absolute atomic E-state index is 11.6. The molecular weight excluding hydrogens is 198 g/mol. The van der Waals surface area contributed by atoms with Crippen molar-refractivity contribution in [3.8, 4) is 0 Å². The fourth-order valence-electron chi connectivity index (χ4n) is 3.05. The van der Waals surface area contributed by atoms with Crippen LogP contribution in [0.2, 0.25) is 0 Å². The molecule has 1 heterocycles. The third kappa shape index (κ3) is 3.07. The van der Waals surface area contributed by atoms with Gasteiger partial charge in [-0.2, -0.15) is 0 Å². The van der Waals surface area contributed by atoms with E-state index in [0.717, 1.165) is 25.8 Å². The van der Waals surface area contributed by atoms with E-state index in [1.165, 1.54) is 32.4 Å². The molecule has 0 aromatic carbocycles. The maximum atomic E-state index is 11.6. The van der Waals surface area contributed by atoms with Crippen molar-refractivity contribution < 1.29 is 4.79 Å². The summed E-state index contributed by atoms with van der Waals surface area (Å²) in [5.74, 6) is 0.879. The van der Waals surface area contributed by atoms with Crippen LogP contribution in [0.1, 0.15) is 52.4 Å². The average Bonchev–Trinajstić information content (AvgIpc) is 2.52. The first-order valence-electron chi connectivity index (χ1n) is 6.82. The van der Waals surface area contributed by atoms with Crippen LogP contribution in [-0.4, -0.2) is 30.3 Å². The summed E-state index contributed by atoms with van der Waals surface area (Å²) in [7, 11) is 0. The van der Waals surface area contributed by atoms with E-state index in [9.17, 15) is 4.79 Å². The zero-order chi connectivity index (χ0) is 11.6. The molecule has 0 amide bonds. The van der Waals surface area contributed by atoms with Gasteiger partial charge in [-0.3, -0.25) is 4.79 Å². The molecule has 0 N–H and O–H groups in total. The molecular formula is C14H25NO. The molecule has 1 aliphatic carbocycles. The lowest BCUT2D eigenvalue weighted by Gasteiger charge is -2.24. The first kappa shape index (κ1) is 12.1. The summed E-state index contributed by atoms with van der Waals surface area (Å²) in [6.45, 7) is 8.17. The molecule has 0 aromatic rings. The number of rotatable bonds is 2. The Bertz CT molecular complexity index is 259. The lowest BCUT2D eigenvalue weighted by atomic mass is 9.85. The van der Waals surface area contributed by atoms with Crippen molar-refractivity contribution >= 4 is 5.78 Å². The van der Waals surface area contributed by atoms with Crippen LogP contribution < -0.4 is 0 Å². The van der Waals surface area contributed by atoms with Gasteiger partial charge in [-0.15, -0.1) is 0 Å². The number of hydrogen-bond acceptors (Lipinski definition) is 2. The molecule has 0 spiro atoms. The zero-order valence-electron chi connectivity index (χ0n) is 10.8. The van der Waals surface area contributed by atoms with Crippen molar-refractivity contribution in [1.82, 2.24) is 4.90 Å². The van der Waals surface area contributed by atoms with Crippen LogP contribution in [0.25, 0.3) is 0 Å². The zero-order valence-corrected chi connectivity index (χ0v) is 10.8. The van der Waals surface area contributed by atoms with Crippen molar-refractivity contribution in [3.63, 3.8) is 0 Å². The predicted octanol–water partition coefficient (Wildman–Crippen LogP) is 2.87. The third-order valence-electron chi connectivity index (χ3n) is 4.34. The van der Waals surface area contributed by atoms with Gasteiger partial charge in [0.1, 0.15) is 5.78 Å². The van der Waals surface area contributed by atoms with Gasteiger partial charge in [-0.05, 0) is 50.6 Å². The average molecular weight is 223 g/mol. The smallest absolute Gasteiger partial charge is 0.137 e. The van der Waals surface area contributed by atoms with Gasteiger partial charge in [0.2, 0.25) is 0 Å². The molecule has 2 rings (SSSR count). The Hall–Kier alpha value is -0.370. The van der Waals surface area contributed by atoms with Crippen molar-refractivity contribution in [3.05, 3.63) is 0 Å². The predicted molar refractivity (Wildman–Crippen MR) is 66.4 cm³/mol. The van der Waals surface area contributed by atoms with Gasteiger partial charge in [0.05, 0.1) is 0 Å². The molecule has 1 aliphatic heterocycles. The second kappa shape index (κ2) is 4.87. The van der Waals surface area contributed by atoms with Crippen LogP contribution in [0.15, 0.2) is 0 Å².